The maximum atomic E-state index is 12.2. The number of ether oxygens (including phenoxy) is 1. The molecule has 8 heteroatoms. The van der Waals surface area contributed by atoms with Crippen molar-refractivity contribution in [3.63, 3.8) is 0 Å². The van der Waals surface area contributed by atoms with Gasteiger partial charge in [-0.1, -0.05) is 12.1 Å². The lowest BCUT2D eigenvalue weighted by molar-refractivity contribution is 0.415. The highest BCUT2D eigenvalue weighted by Crippen LogP contribution is 2.20. The van der Waals surface area contributed by atoms with E-state index < -0.39 is 16.8 Å². The highest BCUT2D eigenvalue weighted by molar-refractivity contribution is 5.73. The van der Waals surface area contributed by atoms with Gasteiger partial charge in [0, 0.05) is 12.6 Å². The summed E-state index contributed by atoms with van der Waals surface area (Å²) in [5.74, 6) is 0.563. The van der Waals surface area contributed by atoms with Crippen LogP contribution in [-0.2, 0) is 7.05 Å². The molecule has 3 aromatic rings. The fourth-order valence-corrected chi connectivity index (χ4v) is 2.15. The van der Waals surface area contributed by atoms with Crippen molar-refractivity contribution in [2.24, 2.45) is 7.05 Å². The minimum Gasteiger partial charge on any atom is -0.497 e. The third kappa shape index (κ3) is 2.10. The summed E-state index contributed by atoms with van der Waals surface area (Å²) in [6.07, 6.45) is 0. The van der Waals surface area contributed by atoms with Gasteiger partial charge in [0.25, 0.3) is 11.1 Å². The van der Waals surface area contributed by atoms with E-state index in [-0.39, 0.29) is 16.9 Å². The fourth-order valence-electron chi connectivity index (χ4n) is 2.15. The molecule has 0 saturated heterocycles. The zero-order chi connectivity index (χ0) is 15.9. The Kier molecular flexibility index (Phi) is 3.13. The standard InChI is InChI=1S/C14H12N4O4/c1-18-11-10(13(20)17-14(18)21)15-9(12(19)16-11)7-4-3-5-8(6-7)22-2/h3-6H,1-2H3,(H,16,19)(H,17,20,21). The van der Waals surface area contributed by atoms with Gasteiger partial charge in [0.1, 0.15) is 17.1 Å². The second-order valence-corrected chi connectivity index (χ2v) is 4.66. The SMILES string of the molecule is COc1cccc(-c2nc3c(=O)[nH]c(=O)n(C)c3[nH]c2=O)c1. The third-order valence-corrected chi connectivity index (χ3v) is 3.31. The van der Waals surface area contributed by atoms with Crippen molar-refractivity contribution in [3.05, 3.63) is 55.5 Å². The molecule has 0 aliphatic rings. The summed E-state index contributed by atoms with van der Waals surface area (Å²) in [6.45, 7) is 0. The van der Waals surface area contributed by atoms with Crippen LogP contribution in [0.15, 0.2) is 38.6 Å². The van der Waals surface area contributed by atoms with E-state index in [1.54, 1.807) is 24.3 Å². The lowest BCUT2D eigenvalue weighted by Gasteiger charge is -2.06. The van der Waals surface area contributed by atoms with E-state index >= 15 is 0 Å². The van der Waals surface area contributed by atoms with E-state index in [9.17, 15) is 14.4 Å². The molecule has 0 radical (unpaired) electrons. The lowest BCUT2D eigenvalue weighted by Crippen LogP contribution is -2.31. The molecule has 2 heterocycles. The highest BCUT2D eigenvalue weighted by Gasteiger charge is 2.13. The van der Waals surface area contributed by atoms with Gasteiger partial charge in [-0.05, 0) is 12.1 Å². The number of rotatable bonds is 2. The molecular weight excluding hydrogens is 288 g/mol. The first-order valence-electron chi connectivity index (χ1n) is 6.39. The second kappa shape index (κ2) is 4.99. The molecule has 22 heavy (non-hydrogen) atoms. The number of nitrogens with zero attached hydrogens (tertiary/aromatic N) is 2. The number of hydrogen-bond donors (Lipinski definition) is 2. The quantitative estimate of drug-likeness (QED) is 0.691. The molecule has 2 aromatic heterocycles. The summed E-state index contributed by atoms with van der Waals surface area (Å²) < 4.78 is 6.23. The van der Waals surface area contributed by atoms with E-state index in [0.717, 1.165) is 4.57 Å². The number of aryl methyl sites for hydroxylation is 1. The van der Waals surface area contributed by atoms with Crippen LogP contribution in [0, 0.1) is 0 Å². The third-order valence-electron chi connectivity index (χ3n) is 3.31. The van der Waals surface area contributed by atoms with Gasteiger partial charge in [-0.3, -0.25) is 19.1 Å². The average molecular weight is 300 g/mol. The monoisotopic (exact) mass is 300 g/mol. The predicted octanol–water partition coefficient (Wildman–Crippen LogP) is -0.0143. The van der Waals surface area contributed by atoms with Crippen molar-refractivity contribution in [3.8, 4) is 17.0 Å². The van der Waals surface area contributed by atoms with Gasteiger partial charge in [-0.25, -0.2) is 9.78 Å². The van der Waals surface area contributed by atoms with Crippen molar-refractivity contribution in [2.75, 3.05) is 7.11 Å². The number of methoxy groups -OCH3 is 1. The minimum absolute atomic E-state index is 0.0143. The Balaban J connectivity index is 2.37. The van der Waals surface area contributed by atoms with Crippen LogP contribution in [0.1, 0.15) is 0 Å². The molecule has 0 aliphatic carbocycles. The summed E-state index contributed by atoms with van der Waals surface area (Å²) >= 11 is 0. The number of aromatic nitrogens is 4. The van der Waals surface area contributed by atoms with E-state index in [1.165, 1.54) is 14.2 Å². The molecule has 0 aliphatic heterocycles. The van der Waals surface area contributed by atoms with Gasteiger partial charge >= 0.3 is 5.69 Å². The molecule has 112 valence electrons. The lowest BCUT2D eigenvalue weighted by atomic mass is 10.1. The number of nitrogens with one attached hydrogen (secondary N) is 2. The molecule has 0 fully saturated rings. The molecule has 0 unspecified atom stereocenters. The molecule has 0 spiro atoms. The zero-order valence-electron chi connectivity index (χ0n) is 11.8. The zero-order valence-corrected chi connectivity index (χ0v) is 11.8. The van der Waals surface area contributed by atoms with E-state index in [2.05, 4.69) is 15.0 Å². The van der Waals surface area contributed by atoms with Crippen molar-refractivity contribution < 1.29 is 4.74 Å². The largest absolute Gasteiger partial charge is 0.497 e. The molecule has 0 atom stereocenters. The van der Waals surface area contributed by atoms with Crippen LogP contribution in [0.2, 0.25) is 0 Å². The van der Waals surface area contributed by atoms with Gasteiger partial charge in [-0.15, -0.1) is 0 Å². The summed E-state index contributed by atoms with van der Waals surface area (Å²) in [5, 5.41) is 0. The molecule has 0 bridgehead atoms. The van der Waals surface area contributed by atoms with Crippen LogP contribution in [0.5, 0.6) is 5.75 Å². The summed E-state index contributed by atoms with van der Waals surface area (Å²) in [6, 6.07) is 6.77. The van der Waals surface area contributed by atoms with Crippen molar-refractivity contribution >= 4 is 11.2 Å². The van der Waals surface area contributed by atoms with Crippen molar-refractivity contribution in [1.82, 2.24) is 19.5 Å². The Bertz CT molecular complexity index is 1050. The van der Waals surface area contributed by atoms with Crippen LogP contribution in [0.3, 0.4) is 0 Å². The van der Waals surface area contributed by atoms with Crippen molar-refractivity contribution in [2.45, 2.75) is 0 Å². The minimum atomic E-state index is -0.654. The Morgan fingerprint density at radius 3 is 2.64 bits per heavy atom. The number of hydrogen-bond acceptors (Lipinski definition) is 5. The Morgan fingerprint density at radius 2 is 1.91 bits per heavy atom. The van der Waals surface area contributed by atoms with E-state index in [4.69, 9.17) is 4.74 Å². The Hall–Kier alpha value is -3.16. The number of benzene rings is 1. The van der Waals surface area contributed by atoms with Crippen LogP contribution >= 0.6 is 0 Å². The van der Waals surface area contributed by atoms with E-state index in [1.807, 2.05) is 0 Å². The summed E-state index contributed by atoms with van der Waals surface area (Å²) in [5.41, 5.74) is -1.12. The molecule has 0 amide bonds. The fraction of sp³-hybridized carbons (Fsp3) is 0.143. The summed E-state index contributed by atoms with van der Waals surface area (Å²) in [4.78, 5) is 44.4. The second-order valence-electron chi connectivity index (χ2n) is 4.66. The van der Waals surface area contributed by atoms with Crippen molar-refractivity contribution in [1.29, 1.82) is 0 Å². The first-order chi connectivity index (χ1) is 10.5. The molecule has 1 aromatic carbocycles. The number of fused-ring (bicyclic) bond motifs is 1. The maximum Gasteiger partial charge on any atom is 0.329 e. The van der Waals surface area contributed by atoms with Crippen LogP contribution < -0.4 is 21.5 Å². The van der Waals surface area contributed by atoms with Crippen LogP contribution in [0.4, 0.5) is 0 Å². The first kappa shape index (κ1) is 13.8. The summed E-state index contributed by atoms with van der Waals surface area (Å²) in [7, 11) is 2.95. The van der Waals surface area contributed by atoms with Gasteiger partial charge < -0.3 is 9.72 Å². The topological polar surface area (TPSA) is 110 Å². The normalized spacial score (nSPS) is 10.8. The molecule has 3 rings (SSSR count). The maximum absolute atomic E-state index is 12.2. The Morgan fingerprint density at radius 1 is 1.14 bits per heavy atom. The average Bonchev–Trinajstić information content (AvgIpc) is 2.52. The van der Waals surface area contributed by atoms with Gasteiger partial charge in [0.2, 0.25) is 0 Å². The van der Waals surface area contributed by atoms with Crippen LogP contribution in [0.25, 0.3) is 22.4 Å². The molecular formula is C14H12N4O4. The van der Waals surface area contributed by atoms with Crippen LogP contribution in [-0.4, -0.2) is 26.6 Å². The highest BCUT2D eigenvalue weighted by atomic mass is 16.5. The van der Waals surface area contributed by atoms with Gasteiger partial charge in [0.15, 0.2) is 5.52 Å². The predicted molar refractivity (Wildman–Crippen MR) is 80.2 cm³/mol. The van der Waals surface area contributed by atoms with Gasteiger partial charge in [0.05, 0.1) is 7.11 Å². The molecule has 0 saturated carbocycles. The molecule has 8 nitrogen and oxygen atoms in total. The van der Waals surface area contributed by atoms with Gasteiger partial charge in [-0.2, -0.15) is 0 Å². The number of aromatic amines is 2. The first-order valence-corrected chi connectivity index (χ1v) is 6.39. The number of H-pyrrole nitrogens is 2. The van der Waals surface area contributed by atoms with E-state index in [0.29, 0.717) is 11.3 Å². The molecule has 2 N–H and O–H groups in total. The Labute approximate surface area is 123 Å². The smallest absolute Gasteiger partial charge is 0.329 e.